The van der Waals surface area contributed by atoms with E-state index in [4.69, 9.17) is 26.8 Å². The number of hydrogen-bond acceptors (Lipinski definition) is 8. The Balaban J connectivity index is 1.43. The summed E-state index contributed by atoms with van der Waals surface area (Å²) < 4.78 is 68.8. The number of benzene rings is 2. The number of nitrogens with one attached hydrogen (secondary N) is 1. The minimum Gasteiger partial charge on any atom is -0.491 e. The number of alkyl halides is 3. The van der Waals surface area contributed by atoms with Gasteiger partial charge in [-0.05, 0) is 67.0 Å². The molecule has 0 saturated carbocycles. The van der Waals surface area contributed by atoms with Crippen molar-refractivity contribution in [3.8, 4) is 22.8 Å². The largest absolute Gasteiger partial charge is 0.491 e. The minimum absolute atomic E-state index is 0.0733. The smallest absolute Gasteiger partial charge is 0.429 e. The van der Waals surface area contributed by atoms with Gasteiger partial charge in [0.2, 0.25) is 17.9 Å². The standard InChI is InChI=1S/C29H30ClF4N5O4/c1-2-42-22-11-16(3-6-20(22)31)19-12-17(30)4-5-18(19)25(29(32,33)34)43-24-13-23(37-27(35)38-24)39-9-7-28(8-10-39)14-21(26(40)41)36-15-28/h3-6,11-13,21,25,36H,2,7-10,14-15H2,1H3,(H,40,41)(H2,35,37,38)/t21?,25-/m1/s1. The first-order valence-electron chi connectivity index (χ1n) is 13.7. The predicted molar refractivity (Wildman–Crippen MR) is 152 cm³/mol. The molecule has 1 aromatic heterocycles. The second kappa shape index (κ2) is 12.0. The van der Waals surface area contributed by atoms with Crippen LogP contribution in [0.2, 0.25) is 5.02 Å². The Labute approximate surface area is 250 Å². The Hall–Kier alpha value is -3.84. The van der Waals surface area contributed by atoms with Gasteiger partial charge < -0.3 is 30.5 Å². The van der Waals surface area contributed by atoms with E-state index in [-0.39, 0.29) is 51.3 Å². The van der Waals surface area contributed by atoms with Gasteiger partial charge in [0.15, 0.2) is 11.6 Å². The van der Waals surface area contributed by atoms with Gasteiger partial charge in [0, 0.05) is 36.3 Å². The number of carboxylic acid groups (broad SMARTS) is 1. The average molecular weight is 624 g/mol. The van der Waals surface area contributed by atoms with Crippen LogP contribution in [0.5, 0.6) is 11.6 Å². The molecule has 2 aliphatic rings. The van der Waals surface area contributed by atoms with E-state index in [1.54, 1.807) is 6.92 Å². The van der Waals surface area contributed by atoms with Gasteiger partial charge >= 0.3 is 12.1 Å². The Morgan fingerprint density at radius 3 is 2.60 bits per heavy atom. The molecular weight excluding hydrogens is 594 g/mol. The Bertz CT molecular complexity index is 1500. The Kier molecular flexibility index (Phi) is 8.57. The van der Waals surface area contributed by atoms with Gasteiger partial charge in [0.05, 0.1) is 6.61 Å². The van der Waals surface area contributed by atoms with Crippen LogP contribution in [0.15, 0.2) is 42.5 Å². The highest BCUT2D eigenvalue weighted by atomic mass is 35.5. The van der Waals surface area contributed by atoms with Crippen LogP contribution in [0.3, 0.4) is 0 Å². The first-order valence-corrected chi connectivity index (χ1v) is 14.1. The molecule has 0 aliphatic carbocycles. The SMILES string of the molecule is CCOc1cc(-c2cc(Cl)ccc2[C@@H](Oc2cc(N3CCC4(CC3)CNC(C(=O)O)C4)nc(N)n2)C(F)(F)F)ccc1F. The number of anilines is 2. The summed E-state index contributed by atoms with van der Waals surface area (Å²) in [4.78, 5) is 21.4. The molecule has 0 bridgehead atoms. The van der Waals surface area contributed by atoms with Gasteiger partial charge in [0.1, 0.15) is 11.9 Å². The highest BCUT2D eigenvalue weighted by molar-refractivity contribution is 6.30. The van der Waals surface area contributed by atoms with Crippen molar-refractivity contribution in [1.82, 2.24) is 15.3 Å². The Morgan fingerprint density at radius 2 is 1.95 bits per heavy atom. The van der Waals surface area contributed by atoms with Crippen LogP contribution < -0.4 is 25.4 Å². The van der Waals surface area contributed by atoms with Gasteiger partial charge in [-0.1, -0.05) is 23.7 Å². The summed E-state index contributed by atoms with van der Waals surface area (Å²) in [5, 5.41) is 12.6. The van der Waals surface area contributed by atoms with E-state index in [9.17, 15) is 27.5 Å². The number of nitrogens with zero attached hydrogens (tertiary/aromatic N) is 3. The second-order valence-corrected chi connectivity index (χ2v) is 11.2. The van der Waals surface area contributed by atoms with Crippen LogP contribution in [0.25, 0.3) is 11.1 Å². The number of nitrogens with two attached hydrogens (primary N) is 1. The number of carboxylic acids is 1. The van der Waals surface area contributed by atoms with Gasteiger partial charge in [-0.2, -0.15) is 23.1 Å². The van der Waals surface area contributed by atoms with E-state index < -0.39 is 30.1 Å². The molecule has 2 aromatic carbocycles. The fourth-order valence-electron chi connectivity index (χ4n) is 5.71. The lowest BCUT2D eigenvalue weighted by Gasteiger charge is -2.39. The number of rotatable bonds is 8. The summed E-state index contributed by atoms with van der Waals surface area (Å²) >= 11 is 6.17. The summed E-state index contributed by atoms with van der Waals surface area (Å²) in [5.41, 5.74) is 5.78. The zero-order valence-corrected chi connectivity index (χ0v) is 23.9. The fourth-order valence-corrected chi connectivity index (χ4v) is 5.88. The molecule has 0 radical (unpaired) electrons. The topological polar surface area (TPSA) is 123 Å². The quantitative estimate of drug-likeness (QED) is 0.274. The van der Waals surface area contributed by atoms with Crippen LogP contribution in [0.1, 0.15) is 37.9 Å². The van der Waals surface area contributed by atoms with Crippen molar-refractivity contribution >= 4 is 29.3 Å². The molecule has 3 aromatic rings. The molecule has 43 heavy (non-hydrogen) atoms. The fraction of sp³-hybridized carbons (Fsp3) is 0.414. The van der Waals surface area contributed by atoms with E-state index in [1.807, 2.05) is 4.90 Å². The van der Waals surface area contributed by atoms with E-state index in [0.29, 0.717) is 44.7 Å². The van der Waals surface area contributed by atoms with Crippen LogP contribution in [0.4, 0.5) is 29.3 Å². The summed E-state index contributed by atoms with van der Waals surface area (Å²) in [7, 11) is 0. The molecule has 230 valence electrons. The van der Waals surface area contributed by atoms with Crippen LogP contribution in [-0.4, -0.2) is 59.5 Å². The Morgan fingerprint density at radius 1 is 1.21 bits per heavy atom. The van der Waals surface area contributed by atoms with Crippen molar-refractivity contribution < 1.29 is 36.9 Å². The predicted octanol–water partition coefficient (Wildman–Crippen LogP) is 5.63. The van der Waals surface area contributed by atoms with E-state index in [1.165, 1.54) is 36.4 Å². The third-order valence-corrected chi connectivity index (χ3v) is 8.12. The molecule has 2 atom stereocenters. The maximum atomic E-state index is 14.6. The number of aliphatic carboxylic acids is 1. The van der Waals surface area contributed by atoms with Gasteiger partial charge in [-0.3, -0.25) is 4.79 Å². The molecule has 1 spiro atoms. The third-order valence-electron chi connectivity index (χ3n) is 7.89. The normalized spacial score (nSPS) is 18.9. The third kappa shape index (κ3) is 6.72. The number of halogens is 5. The zero-order valence-electron chi connectivity index (χ0n) is 23.1. The summed E-state index contributed by atoms with van der Waals surface area (Å²) in [5.74, 6) is -2.00. The number of hydrogen-bond donors (Lipinski definition) is 3. The van der Waals surface area contributed by atoms with Crippen LogP contribution >= 0.6 is 11.6 Å². The van der Waals surface area contributed by atoms with E-state index >= 15 is 0 Å². The monoisotopic (exact) mass is 623 g/mol. The molecule has 5 rings (SSSR count). The lowest BCUT2D eigenvalue weighted by atomic mass is 9.76. The number of piperidine rings is 1. The number of carbonyl (C=O) groups is 1. The molecule has 3 heterocycles. The summed E-state index contributed by atoms with van der Waals surface area (Å²) in [6, 6.07) is 8.32. The lowest BCUT2D eigenvalue weighted by molar-refractivity contribution is -0.198. The lowest BCUT2D eigenvalue weighted by Crippen LogP contribution is -2.41. The highest BCUT2D eigenvalue weighted by Crippen LogP contribution is 2.44. The van der Waals surface area contributed by atoms with Crippen LogP contribution in [0, 0.1) is 11.2 Å². The van der Waals surface area contributed by atoms with E-state index in [2.05, 4.69) is 15.3 Å². The molecule has 2 fully saturated rings. The number of aromatic nitrogens is 2. The maximum absolute atomic E-state index is 14.6. The molecule has 14 heteroatoms. The zero-order chi connectivity index (χ0) is 30.9. The molecule has 9 nitrogen and oxygen atoms in total. The molecule has 2 saturated heterocycles. The number of ether oxygens (including phenoxy) is 2. The van der Waals surface area contributed by atoms with Crippen molar-refractivity contribution in [3.05, 3.63) is 58.9 Å². The van der Waals surface area contributed by atoms with E-state index in [0.717, 1.165) is 6.07 Å². The first kappa shape index (κ1) is 30.6. The van der Waals surface area contributed by atoms with Gasteiger partial charge in [-0.15, -0.1) is 0 Å². The molecule has 0 amide bonds. The van der Waals surface area contributed by atoms with Crippen molar-refractivity contribution in [2.24, 2.45) is 5.41 Å². The van der Waals surface area contributed by atoms with Gasteiger partial charge in [0.25, 0.3) is 0 Å². The van der Waals surface area contributed by atoms with Crippen molar-refractivity contribution in [2.45, 2.75) is 44.5 Å². The average Bonchev–Trinajstić information content (AvgIpc) is 3.36. The number of nitrogen functional groups attached to an aromatic ring is 1. The molecule has 4 N–H and O–H groups in total. The summed E-state index contributed by atoms with van der Waals surface area (Å²) in [6.07, 6.45) is -5.52. The molecule has 2 aliphatic heterocycles. The molecular formula is C29H30ClF4N5O4. The second-order valence-electron chi connectivity index (χ2n) is 10.7. The molecule has 1 unspecified atom stereocenters. The van der Waals surface area contributed by atoms with Crippen LogP contribution in [-0.2, 0) is 4.79 Å². The minimum atomic E-state index is -4.89. The van der Waals surface area contributed by atoms with Crippen molar-refractivity contribution in [3.63, 3.8) is 0 Å². The summed E-state index contributed by atoms with van der Waals surface area (Å²) in [6.45, 7) is 3.40. The van der Waals surface area contributed by atoms with Crippen molar-refractivity contribution in [1.29, 1.82) is 0 Å². The first-order chi connectivity index (χ1) is 20.4. The van der Waals surface area contributed by atoms with Gasteiger partial charge in [-0.25, -0.2) is 4.39 Å². The highest BCUT2D eigenvalue weighted by Gasteiger charge is 2.46. The maximum Gasteiger partial charge on any atom is 0.429 e. The van der Waals surface area contributed by atoms with Crippen molar-refractivity contribution in [2.75, 3.05) is 36.9 Å².